The van der Waals surface area contributed by atoms with Crippen molar-refractivity contribution >= 4 is 35.1 Å². The van der Waals surface area contributed by atoms with Gasteiger partial charge in [0.15, 0.2) is 0 Å². The number of carboxylic acids is 1. The van der Waals surface area contributed by atoms with E-state index < -0.39 is 5.97 Å². The lowest BCUT2D eigenvalue weighted by Crippen LogP contribution is -2.36. The summed E-state index contributed by atoms with van der Waals surface area (Å²) in [6, 6.07) is 12.7. The molecule has 2 aromatic carbocycles. The first-order valence-electron chi connectivity index (χ1n) is 9.08. The minimum absolute atomic E-state index is 0.0343. The zero-order chi connectivity index (χ0) is 20.1. The number of carbonyl (C=O) groups excluding carboxylic acids is 1. The first-order chi connectivity index (χ1) is 13.4. The summed E-state index contributed by atoms with van der Waals surface area (Å²) >= 11 is 12.0. The molecule has 3 rings (SSSR count). The molecule has 1 heterocycles. The first-order valence-corrected chi connectivity index (χ1v) is 9.84. The highest BCUT2D eigenvalue weighted by molar-refractivity contribution is 6.34. The van der Waals surface area contributed by atoms with Crippen LogP contribution in [0.1, 0.15) is 30.4 Å². The molecule has 0 saturated carbocycles. The molecule has 2 aromatic rings. The van der Waals surface area contributed by atoms with Crippen molar-refractivity contribution in [3.05, 3.63) is 63.6 Å². The number of likely N-dealkylation sites (tertiary alicyclic amines) is 1. The molecule has 1 saturated heterocycles. The van der Waals surface area contributed by atoms with Crippen LogP contribution in [0, 0.1) is 0 Å². The van der Waals surface area contributed by atoms with Crippen LogP contribution in [0.4, 0.5) is 0 Å². The highest BCUT2D eigenvalue weighted by atomic mass is 35.5. The fourth-order valence-corrected chi connectivity index (χ4v) is 3.83. The second kappa shape index (κ2) is 9.30. The molecule has 1 aliphatic rings. The minimum atomic E-state index is -0.821. The lowest BCUT2D eigenvalue weighted by Gasteiger charge is -2.25. The van der Waals surface area contributed by atoms with E-state index in [4.69, 9.17) is 33.0 Å². The maximum absolute atomic E-state index is 12.4. The van der Waals surface area contributed by atoms with Crippen LogP contribution in [0.5, 0.6) is 5.75 Å². The van der Waals surface area contributed by atoms with Crippen LogP contribution in [0.2, 0.25) is 10.0 Å². The van der Waals surface area contributed by atoms with Crippen LogP contribution >= 0.6 is 23.2 Å². The lowest BCUT2D eigenvalue weighted by atomic mass is 10.1. The van der Waals surface area contributed by atoms with Gasteiger partial charge in [-0.1, -0.05) is 47.5 Å². The van der Waals surface area contributed by atoms with Gasteiger partial charge in [-0.05, 0) is 42.2 Å². The third-order valence-electron chi connectivity index (χ3n) is 4.70. The molecule has 1 atom stereocenters. The third-order valence-corrected chi connectivity index (χ3v) is 5.14. The van der Waals surface area contributed by atoms with Crippen LogP contribution in [0.3, 0.4) is 0 Å². The molecule has 0 unspecified atom stereocenters. The van der Waals surface area contributed by atoms with Crippen LogP contribution in [0.15, 0.2) is 42.5 Å². The van der Waals surface area contributed by atoms with Gasteiger partial charge in [-0.2, -0.15) is 0 Å². The number of ether oxygens (including phenoxy) is 1. The van der Waals surface area contributed by atoms with E-state index in [-0.39, 0.29) is 18.4 Å². The zero-order valence-electron chi connectivity index (χ0n) is 15.2. The van der Waals surface area contributed by atoms with E-state index in [1.807, 2.05) is 29.2 Å². The van der Waals surface area contributed by atoms with E-state index in [0.717, 1.165) is 17.5 Å². The van der Waals surface area contributed by atoms with Crippen molar-refractivity contribution in [2.75, 3.05) is 6.61 Å². The van der Waals surface area contributed by atoms with Crippen LogP contribution in [-0.4, -0.2) is 34.5 Å². The second-order valence-corrected chi connectivity index (χ2v) is 7.72. The summed E-state index contributed by atoms with van der Waals surface area (Å²) in [7, 11) is 0. The molecule has 0 spiro atoms. The van der Waals surface area contributed by atoms with Gasteiger partial charge in [0.2, 0.25) is 5.91 Å². The number of nitrogens with zero attached hydrogens (tertiary/aromatic N) is 1. The number of benzene rings is 2. The van der Waals surface area contributed by atoms with Gasteiger partial charge in [-0.15, -0.1) is 0 Å². The molecular formula is C21H21Cl2NO4. The van der Waals surface area contributed by atoms with Crippen molar-refractivity contribution in [2.24, 2.45) is 0 Å². The van der Waals surface area contributed by atoms with Crippen LogP contribution < -0.4 is 4.74 Å². The topological polar surface area (TPSA) is 66.8 Å². The Bertz CT molecular complexity index is 851. The molecule has 7 heteroatoms. The Morgan fingerprint density at radius 2 is 1.86 bits per heavy atom. The number of amides is 1. The quantitative estimate of drug-likeness (QED) is 0.676. The SMILES string of the molecule is O=C(O)CCc1cccc(CN2C(=O)CC[C@@H]2COc2cc(Cl)cc(Cl)c2)c1. The number of carbonyl (C=O) groups is 2. The van der Waals surface area contributed by atoms with Gasteiger partial charge in [0, 0.05) is 29.4 Å². The maximum atomic E-state index is 12.4. The molecule has 0 aliphatic carbocycles. The van der Waals surface area contributed by atoms with Gasteiger partial charge < -0.3 is 14.7 Å². The van der Waals surface area contributed by atoms with E-state index in [1.165, 1.54) is 0 Å². The average molecular weight is 422 g/mol. The minimum Gasteiger partial charge on any atom is -0.491 e. The molecule has 1 aliphatic heterocycles. The molecule has 0 bridgehead atoms. The number of halogens is 2. The Hall–Kier alpha value is -2.24. The van der Waals surface area contributed by atoms with Gasteiger partial charge in [-0.25, -0.2) is 0 Å². The largest absolute Gasteiger partial charge is 0.491 e. The average Bonchev–Trinajstić information content (AvgIpc) is 2.98. The Kier molecular flexibility index (Phi) is 6.81. The summed E-state index contributed by atoms with van der Waals surface area (Å²) in [5.41, 5.74) is 1.93. The molecule has 1 N–H and O–H groups in total. The van der Waals surface area contributed by atoms with Crippen molar-refractivity contribution < 1.29 is 19.4 Å². The second-order valence-electron chi connectivity index (χ2n) is 6.84. The molecule has 148 valence electrons. The monoisotopic (exact) mass is 421 g/mol. The molecular weight excluding hydrogens is 401 g/mol. The number of hydrogen-bond acceptors (Lipinski definition) is 3. The van der Waals surface area contributed by atoms with Crippen molar-refractivity contribution in [1.82, 2.24) is 4.90 Å². The van der Waals surface area contributed by atoms with Crippen molar-refractivity contribution in [1.29, 1.82) is 0 Å². The van der Waals surface area contributed by atoms with E-state index >= 15 is 0 Å². The number of aliphatic carboxylic acids is 1. The molecule has 1 fully saturated rings. The lowest BCUT2D eigenvalue weighted by molar-refractivity contribution is -0.137. The number of hydrogen-bond donors (Lipinski definition) is 1. The summed E-state index contributed by atoms with van der Waals surface area (Å²) < 4.78 is 5.83. The van der Waals surface area contributed by atoms with Gasteiger partial charge >= 0.3 is 5.97 Å². The predicted octanol–water partition coefficient (Wildman–Crippen LogP) is 4.58. The zero-order valence-corrected chi connectivity index (χ0v) is 16.7. The van der Waals surface area contributed by atoms with Crippen molar-refractivity contribution in [2.45, 2.75) is 38.3 Å². The van der Waals surface area contributed by atoms with Gasteiger partial charge in [0.05, 0.1) is 6.04 Å². The van der Waals surface area contributed by atoms with E-state index in [1.54, 1.807) is 18.2 Å². The summed E-state index contributed by atoms with van der Waals surface area (Å²) in [6.07, 6.45) is 1.78. The van der Waals surface area contributed by atoms with E-state index in [0.29, 0.717) is 41.8 Å². The molecule has 0 radical (unpaired) electrons. The molecule has 0 aromatic heterocycles. The Morgan fingerprint density at radius 1 is 1.14 bits per heavy atom. The first kappa shape index (κ1) is 20.5. The molecule has 5 nitrogen and oxygen atoms in total. The normalized spacial score (nSPS) is 16.4. The number of carboxylic acid groups (broad SMARTS) is 1. The van der Waals surface area contributed by atoms with E-state index in [2.05, 4.69) is 0 Å². The summed E-state index contributed by atoms with van der Waals surface area (Å²) in [5.74, 6) is -0.153. The van der Waals surface area contributed by atoms with Gasteiger partial charge in [0.1, 0.15) is 12.4 Å². The standard InChI is InChI=1S/C21H21Cl2NO4/c22-16-9-17(23)11-19(10-16)28-13-18-5-6-20(25)24(18)12-15-3-1-2-14(8-15)4-7-21(26)27/h1-3,8-11,18H,4-7,12-13H2,(H,26,27)/t18-/m1/s1. The summed E-state index contributed by atoms with van der Waals surface area (Å²) in [4.78, 5) is 25.0. The maximum Gasteiger partial charge on any atom is 0.303 e. The predicted molar refractivity (Wildman–Crippen MR) is 108 cm³/mol. The highest BCUT2D eigenvalue weighted by Crippen LogP contribution is 2.27. The van der Waals surface area contributed by atoms with Crippen LogP contribution in [-0.2, 0) is 22.6 Å². The Labute approximate surface area is 173 Å². The third kappa shape index (κ3) is 5.63. The Balaban J connectivity index is 1.64. The summed E-state index contributed by atoms with van der Waals surface area (Å²) in [5, 5.41) is 9.85. The van der Waals surface area contributed by atoms with Crippen LogP contribution in [0.25, 0.3) is 0 Å². The molecule has 1 amide bonds. The Morgan fingerprint density at radius 3 is 2.57 bits per heavy atom. The van der Waals surface area contributed by atoms with Crippen molar-refractivity contribution in [3.8, 4) is 5.75 Å². The molecule has 28 heavy (non-hydrogen) atoms. The van der Waals surface area contributed by atoms with Crippen molar-refractivity contribution in [3.63, 3.8) is 0 Å². The number of aryl methyl sites for hydroxylation is 1. The van der Waals surface area contributed by atoms with Gasteiger partial charge in [0.25, 0.3) is 0 Å². The van der Waals surface area contributed by atoms with Gasteiger partial charge in [-0.3, -0.25) is 9.59 Å². The smallest absolute Gasteiger partial charge is 0.303 e. The highest BCUT2D eigenvalue weighted by Gasteiger charge is 2.31. The summed E-state index contributed by atoms with van der Waals surface area (Å²) in [6.45, 7) is 0.838. The number of rotatable bonds is 8. The van der Waals surface area contributed by atoms with E-state index in [9.17, 15) is 9.59 Å². The fourth-order valence-electron chi connectivity index (χ4n) is 3.32. The fraction of sp³-hybridized carbons (Fsp3) is 0.333.